The topological polar surface area (TPSA) is 58.1 Å². The number of hydrogen-bond donors (Lipinski definition) is 2. The largest absolute Gasteiger partial charge is 0.379 e. The minimum atomic E-state index is 0.0763. The second-order valence-electron chi connectivity index (χ2n) is 8.37. The molecule has 0 spiro atoms. The van der Waals surface area contributed by atoms with Crippen molar-refractivity contribution in [3.05, 3.63) is 35.4 Å². The minimum absolute atomic E-state index is 0.0763. The van der Waals surface area contributed by atoms with Crippen LogP contribution in [0.2, 0.25) is 0 Å². The van der Waals surface area contributed by atoms with Crippen molar-refractivity contribution in [3.8, 4) is 0 Å². The number of guanidine groups is 1. The maximum absolute atomic E-state index is 5.64. The van der Waals surface area contributed by atoms with Crippen molar-refractivity contribution in [1.82, 2.24) is 15.5 Å². The molecule has 6 heteroatoms. The number of ether oxygens (including phenoxy) is 2. The van der Waals surface area contributed by atoms with E-state index in [1.807, 2.05) is 0 Å². The standard InChI is InChI=1S/C22H38N4O2/c1-6-23-21(25-16-20(27-5)22(2,3)4)24-15-18-8-7-9-19(14-18)17-26-10-12-28-13-11-26/h7-9,14,20H,6,10-13,15-17H2,1-5H3,(H2,23,24,25). The normalized spacial score (nSPS) is 17.4. The Morgan fingerprint density at radius 3 is 2.57 bits per heavy atom. The Labute approximate surface area is 170 Å². The first-order valence-electron chi connectivity index (χ1n) is 10.3. The summed E-state index contributed by atoms with van der Waals surface area (Å²) in [6, 6.07) is 8.72. The molecule has 1 heterocycles. The summed E-state index contributed by atoms with van der Waals surface area (Å²) in [5.41, 5.74) is 2.63. The molecule has 1 aromatic carbocycles. The summed E-state index contributed by atoms with van der Waals surface area (Å²) in [5.74, 6) is 0.826. The zero-order valence-electron chi connectivity index (χ0n) is 18.3. The van der Waals surface area contributed by atoms with Crippen LogP contribution in [0.15, 0.2) is 29.3 Å². The van der Waals surface area contributed by atoms with Gasteiger partial charge in [0.05, 0.1) is 25.9 Å². The van der Waals surface area contributed by atoms with Gasteiger partial charge in [-0.2, -0.15) is 0 Å². The van der Waals surface area contributed by atoms with Crippen LogP contribution in [0.25, 0.3) is 0 Å². The Morgan fingerprint density at radius 2 is 1.93 bits per heavy atom. The lowest BCUT2D eigenvalue weighted by molar-refractivity contribution is 0.0205. The number of benzene rings is 1. The average Bonchev–Trinajstić information content (AvgIpc) is 2.66. The van der Waals surface area contributed by atoms with E-state index in [1.165, 1.54) is 11.1 Å². The summed E-state index contributed by atoms with van der Waals surface area (Å²) in [4.78, 5) is 7.20. The van der Waals surface area contributed by atoms with Gasteiger partial charge in [0.1, 0.15) is 0 Å². The first-order valence-corrected chi connectivity index (χ1v) is 10.3. The zero-order chi connectivity index (χ0) is 20.4. The Kier molecular flexibility index (Phi) is 9.22. The summed E-state index contributed by atoms with van der Waals surface area (Å²) in [5, 5.41) is 6.75. The number of nitrogens with one attached hydrogen (secondary N) is 2. The van der Waals surface area contributed by atoms with Crippen LogP contribution < -0.4 is 10.6 Å². The Hall–Kier alpha value is -1.63. The molecule has 0 radical (unpaired) electrons. The number of aliphatic imine (C=N–C) groups is 1. The lowest BCUT2D eigenvalue weighted by Crippen LogP contribution is -2.45. The molecule has 1 atom stereocenters. The second-order valence-corrected chi connectivity index (χ2v) is 8.37. The molecule has 1 unspecified atom stereocenters. The van der Waals surface area contributed by atoms with Crippen LogP contribution in [-0.4, -0.2) is 63.5 Å². The summed E-state index contributed by atoms with van der Waals surface area (Å²) < 4.78 is 11.1. The molecule has 0 bridgehead atoms. The molecule has 0 saturated carbocycles. The van der Waals surface area contributed by atoms with E-state index in [2.05, 4.69) is 67.5 Å². The third-order valence-corrected chi connectivity index (χ3v) is 4.97. The van der Waals surface area contributed by atoms with E-state index in [-0.39, 0.29) is 11.5 Å². The first kappa shape index (κ1) is 22.7. The Balaban J connectivity index is 1.94. The number of methoxy groups -OCH3 is 1. The number of hydrogen-bond acceptors (Lipinski definition) is 4. The molecule has 1 saturated heterocycles. The zero-order valence-corrected chi connectivity index (χ0v) is 18.3. The van der Waals surface area contributed by atoms with Crippen molar-refractivity contribution in [1.29, 1.82) is 0 Å². The molecule has 1 aromatic rings. The molecule has 0 aromatic heterocycles. The van der Waals surface area contributed by atoms with Gasteiger partial charge in [0.25, 0.3) is 0 Å². The SMILES string of the molecule is CCNC(=NCc1cccc(CN2CCOCC2)c1)NCC(OC)C(C)(C)C. The van der Waals surface area contributed by atoms with Gasteiger partial charge >= 0.3 is 0 Å². The molecule has 28 heavy (non-hydrogen) atoms. The van der Waals surface area contributed by atoms with Crippen LogP contribution in [0.1, 0.15) is 38.8 Å². The lowest BCUT2D eigenvalue weighted by atomic mass is 9.89. The number of morpholine rings is 1. The molecule has 2 N–H and O–H groups in total. The van der Waals surface area contributed by atoms with E-state index in [9.17, 15) is 0 Å². The smallest absolute Gasteiger partial charge is 0.191 e. The molecular weight excluding hydrogens is 352 g/mol. The maximum atomic E-state index is 5.64. The highest BCUT2D eigenvalue weighted by Crippen LogP contribution is 2.20. The van der Waals surface area contributed by atoms with E-state index < -0.39 is 0 Å². The number of rotatable bonds is 8. The fourth-order valence-electron chi connectivity index (χ4n) is 3.29. The molecule has 1 aliphatic heterocycles. The van der Waals surface area contributed by atoms with Gasteiger partial charge in [0.15, 0.2) is 5.96 Å². The van der Waals surface area contributed by atoms with Crippen molar-refractivity contribution in [2.45, 2.75) is 46.9 Å². The van der Waals surface area contributed by atoms with Crippen LogP contribution in [-0.2, 0) is 22.6 Å². The highest BCUT2D eigenvalue weighted by molar-refractivity contribution is 5.79. The first-order chi connectivity index (χ1) is 13.4. The monoisotopic (exact) mass is 390 g/mol. The molecular formula is C22H38N4O2. The molecule has 2 rings (SSSR count). The van der Waals surface area contributed by atoms with Crippen molar-refractivity contribution in [2.24, 2.45) is 10.4 Å². The van der Waals surface area contributed by atoms with Gasteiger partial charge in [-0.05, 0) is 23.5 Å². The van der Waals surface area contributed by atoms with Gasteiger partial charge < -0.3 is 20.1 Å². The van der Waals surface area contributed by atoms with Crippen LogP contribution in [0.4, 0.5) is 0 Å². The molecule has 1 fully saturated rings. The van der Waals surface area contributed by atoms with Gasteiger partial charge in [-0.25, -0.2) is 4.99 Å². The molecule has 158 valence electrons. The average molecular weight is 391 g/mol. The van der Waals surface area contributed by atoms with Crippen LogP contribution in [0, 0.1) is 5.41 Å². The van der Waals surface area contributed by atoms with E-state index in [1.54, 1.807) is 7.11 Å². The van der Waals surface area contributed by atoms with Gasteiger partial charge in [0, 0.05) is 39.8 Å². The Bertz CT molecular complexity index is 607. The predicted octanol–water partition coefficient (Wildman–Crippen LogP) is 2.64. The van der Waals surface area contributed by atoms with Gasteiger partial charge in [-0.1, -0.05) is 45.0 Å². The maximum Gasteiger partial charge on any atom is 0.191 e. The molecule has 1 aliphatic rings. The summed E-state index contributed by atoms with van der Waals surface area (Å²) in [7, 11) is 1.77. The van der Waals surface area contributed by atoms with E-state index >= 15 is 0 Å². The van der Waals surface area contributed by atoms with E-state index in [0.717, 1.165) is 51.9 Å². The number of nitrogens with zero attached hydrogens (tertiary/aromatic N) is 2. The van der Waals surface area contributed by atoms with Crippen molar-refractivity contribution in [2.75, 3.05) is 46.5 Å². The van der Waals surface area contributed by atoms with Crippen LogP contribution in [0.5, 0.6) is 0 Å². The third-order valence-electron chi connectivity index (χ3n) is 4.97. The fourth-order valence-corrected chi connectivity index (χ4v) is 3.29. The molecule has 0 amide bonds. The Morgan fingerprint density at radius 1 is 1.21 bits per heavy atom. The summed E-state index contributed by atoms with van der Waals surface area (Å²) >= 11 is 0. The van der Waals surface area contributed by atoms with Crippen molar-refractivity contribution < 1.29 is 9.47 Å². The summed E-state index contributed by atoms with van der Waals surface area (Å²) in [6.07, 6.45) is 0.119. The highest BCUT2D eigenvalue weighted by atomic mass is 16.5. The second kappa shape index (κ2) is 11.4. The van der Waals surface area contributed by atoms with Crippen molar-refractivity contribution in [3.63, 3.8) is 0 Å². The van der Waals surface area contributed by atoms with E-state index in [0.29, 0.717) is 6.54 Å². The molecule has 6 nitrogen and oxygen atoms in total. The molecule has 0 aliphatic carbocycles. The van der Waals surface area contributed by atoms with Gasteiger partial charge in [-0.3, -0.25) is 4.90 Å². The van der Waals surface area contributed by atoms with Crippen molar-refractivity contribution >= 4 is 5.96 Å². The van der Waals surface area contributed by atoms with Crippen LogP contribution >= 0.6 is 0 Å². The van der Waals surface area contributed by atoms with E-state index in [4.69, 9.17) is 14.5 Å². The predicted molar refractivity (Wildman–Crippen MR) is 116 cm³/mol. The summed E-state index contributed by atoms with van der Waals surface area (Å²) in [6.45, 7) is 15.5. The van der Waals surface area contributed by atoms with Gasteiger partial charge in [0.2, 0.25) is 0 Å². The minimum Gasteiger partial charge on any atom is -0.379 e. The fraction of sp³-hybridized carbons (Fsp3) is 0.682. The van der Waals surface area contributed by atoms with Gasteiger partial charge in [-0.15, -0.1) is 0 Å². The lowest BCUT2D eigenvalue weighted by Gasteiger charge is -2.30. The quantitative estimate of drug-likeness (QED) is 0.528. The van der Waals surface area contributed by atoms with Crippen LogP contribution in [0.3, 0.4) is 0 Å². The highest BCUT2D eigenvalue weighted by Gasteiger charge is 2.24. The third kappa shape index (κ3) is 7.78.